The van der Waals surface area contributed by atoms with Crippen molar-refractivity contribution in [2.75, 3.05) is 56.3 Å². The highest BCUT2D eigenvalue weighted by Crippen LogP contribution is 2.38. The topological polar surface area (TPSA) is 105 Å². The highest BCUT2D eigenvalue weighted by atomic mass is 32.2. The summed E-state index contributed by atoms with van der Waals surface area (Å²) in [6.45, 7) is 4.86. The smallest absolute Gasteiger partial charge is 0.254 e. The van der Waals surface area contributed by atoms with E-state index >= 15 is 0 Å². The molecule has 200 valence electrons. The molecule has 4 rings (SSSR count). The summed E-state index contributed by atoms with van der Waals surface area (Å²) >= 11 is 0. The van der Waals surface area contributed by atoms with Gasteiger partial charge in [-0.25, -0.2) is 18.4 Å². The number of rotatable bonds is 11. The molecule has 0 spiro atoms. The lowest BCUT2D eigenvalue weighted by Crippen LogP contribution is -2.29. The van der Waals surface area contributed by atoms with Gasteiger partial charge in [-0.3, -0.25) is 4.72 Å². The molecule has 0 saturated heterocycles. The highest BCUT2D eigenvalue weighted by molar-refractivity contribution is 7.95. The van der Waals surface area contributed by atoms with Gasteiger partial charge in [-0.2, -0.15) is 0 Å². The Hall–Kier alpha value is -4.09. The molecule has 0 radical (unpaired) electrons. The number of nitrogens with one attached hydrogen (secondary N) is 2. The van der Waals surface area contributed by atoms with Crippen LogP contribution in [0.3, 0.4) is 0 Å². The number of aromatic nitrogens is 3. The van der Waals surface area contributed by atoms with E-state index in [0.29, 0.717) is 35.3 Å². The number of ether oxygens (including phenoxy) is 1. The van der Waals surface area contributed by atoms with Gasteiger partial charge in [-0.05, 0) is 32.3 Å². The van der Waals surface area contributed by atoms with Gasteiger partial charge < -0.3 is 24.4 Å². The zero-order valence-corrected chi connectivity index (χ0v) is 23.1. The maximum Gasteiger partial charge on any atom is 0.254 e. The van der Waals surface area contributed by atoms with Crippen LogP contribution in [-0.4, -0.2) is 69.2 Å². The minimum Gasteiger partial charge on any atom is -0.494 e. The van der Waals surface area contributed by atoms with E-state index < -0.39 is 10.0 Å². The summed E-state index contributed by atoms with van der Waals surface area (Å²) in [5.74, 6) is 0.859. The van der Waals surface area contributed by atoms with Gasteiger partial charge in [-0.15, -0.1) is 0 Å². The normalized spacial score (nSPS) is 11.5. The minimum atomic E-state index is -3.76. The average molecular weight is 536 g/mol. The standard InChI is InChI=1S/C27H33N7O3S/c1-7-38(35,36)31-22-16-23(26(37-6)17-25(22)33(4)15-14-32(2)3)30-27-28-13-12-21(29-27)20-18-34(5)24-11-9-8-10-19(20)24/h7-13,16-18,31H,1,14-15H2,2-6H3,(H,28,29,30). The first kappa shape index (κ1) is 27.0. The van der Waals surface area contributed by atoms with Crippen molar-refractivity contribution in [2.24, 2.45) is 7.05 Å². The highest BCUT2D eigenvalue weighted by Gasteiger charge is 2.18. The van der Waals surface area contributed by atoms with E-state index in [1.807, 2.05) is 57.5 Å². The van der Waals surface area contributed by atoms with Gasteiger partial charge in [0.1, 0.15) is 5.75 Å². The first-order chi connectivity index (χ1) is 18.1. The molecule has 4 aromatic rings. The molecule has 10 nitrogen and oxygen atoms in total. The van der Waals surface area contributed by atoms with Crippen LogP contribution in [0.2, 0.25) is 0 Å². The van der Waals surface area contributed by atoms with Crippen LogP contribution in [0.4, 0.5) is 23.0 Å². The minimum absolute atomic E-state index is 0.347. The fourth-order valence-corrected chi connectivity index (χ4v) is 4.69. The lowest BCUT2D eigenvalue weighted by atomic mass is 10.1. The number of likely N-dealkylation sites (N-methyl/N-ethyl adjacent to an activating group) is 2. The van der Waals surface area contributed by atoms with Gasteiger partial charge in [0.25, 0.3) is 10.0 Å². The van der Waals surface area contributed by atoms with E-state index in [-0.39, 0.29) is 0 Å². The Labute approximate surface area is 223 Å². The number of sulfonamides is 1. The van der Waals surface area contributed by atoms with Gasteiger partial charge in [0.05, 0.1) is 29.9 Å². The third-order valence-electron chi connectivity index (χ3n) is 6.16. The van der Waals surface area contributed by atoms with Gasteiger partial charge in [0.2, 0.25) is 5.95 Å². The molecule has 2 aromatic heterocycles. The molecule has 0 amide bonds. The maximum absolute atomic E-state index is 12.4. The lowest BCUT2D eigenvalue weighted by molar-refractivity contribution is 0.413. The molecule has 0 fully saturated rings. The van der Waals surface area contributed by atoms with Crippen molar-refractivity contribution in [1.29, 1.82) is 0 Å². The summed E-state index contributed by atoms with van der Waals surface area (Å²) in [4.78, 5) is 13.2. The van der Waals surface area contributed by atoms with Crippen molar-refractivity contribution in [3.8, 4) is 17.0 Å². The fourth-order valence-electron chi connectivity index (χ4n) is 4.13. The van der Waals surface area contributed by atoms with Gasteiger partial charge in [-0.1, -0.05) is 24.8 Å². The molecule has 0 unspecified atom stereocenters. The molecule has 0 atom stereocenters. The molecule has 2 heterocycles. The summed E-state index contributed by atoms with van der Waals surface area (Å²) in [5, 5.41) is 5.17. The third-order valence-corrected chi connectivity index (χ3v) is 7.10. The number of hydrogen-bond donors (Lipinski definition) is 2. The molecular weight excluding hydrogens is 502 g/mol. The average Bonchev–Trinajstić information content (AvgIpc) is 3.24. The van der Waals surface area contributed by atoms with Crippen LogP contribution < -0.4 is 19.7 Å². The Bertz CT molecular complexity index is 1560. The van der Waals surface area contributed by atoms with Crippen LogP contribution in [0, 0.1) is 0 Å². The number of fused-ring (bicyclic) bond motifs is 1. The Kier molecular flexibility index (Phi) is 7.88. The second kappa shape index (κ2) is 11.1. The number of hydrogen-bond acceptors (Lipinski definition) is 8. The SMILES string of the molecule is C=CS(=O)(=O)Nc1cc(Nc2nccc(-c3cn(C)c4ccccc34)n2)c(OC)cc1N(C)CCN(C)C. The van der Waals surface area contributed by atoms with Crippen LogP contribution >= 0.6 is 0 Å². The molecule has 2 N–H and O–H groups in total. The van der Waals surface area contributed by atoms with E-state index in [2.05, 4.69) is 43.2 Å². The van der Waals surface area contributed by atoms with E-state index in [4.69, 9.17) is 9.72 Å². The monoisotopic (exact) mass is 535 g/mol. The molecule has 0 aliphatic heterocycles. The zero-order valence-electron chi connectivity index (χ0n) is 22.3. The van der Waals surface area contributed by atoms with E-state index in [9.17, 15) is 8.42 Å². The van der Waals surface area contributed by atoms with Crippen LogP contribution in [0.15, 0.2) is 66.8 Å². The van der Waals surface area contributed by atoms with Gasteiger partial charge in [0.15, 0.2) is 0 Å². The van der Waals surface area contributed by atoms with Gasteiger partial charge in [0, 0.05) is 67.5 Å². The Morgan fingerprint density at radius 1 is 1.11 bits per heavy atom. The Balaban J connectivity index is 1.73. The van der Waals surface area contributed by atoms with Crippen molar-refractivity contribution in [3.63, 3.8) is 0 Å². The first-order valence-corrected chi connectivity index (χ1v) is 13.5. The number of aryl methyl sites for hydroxylation is 1. The van der Waals surface area contributed by atoms with Crippen LogP contribution in [-0.2, 0) is 17.1 Å². The van der Waals surface area contributed by atoms with Crippen molar-refractivity contribution in [3.05, 3.63) is 66.8 Å². The largest absolute Gasteiger partial charge is 0.494 e. The van der Waals surface area contributed by atoms with Crippen molar-refractivity contribution >= 4 is 43.9 Å². The Morgan fingerprint density at radius 3 is 2.58 bits per heavy atom. The summed E-state index contributed by atoms with van der Waals surface area (Å²) < 4.78 is 35.2. The van der Waals surface area contributed by atoms with Crippen LogP contribution in [0.1, 0.15) is 0 Å². The predicted octanol–water partition coefficient (Wildman–Crippen LogP) is 4.27. The summed E-state index contributed by atoms with van der Waals surface area (Å²) in [7, 11) is 5.66. The van der Waals surface area contributed by atoms with E-state index in [0.717, 1.165) is 34.1 Å². The summed E-state index contributed by atoms with van der Waals surface area (Å²) in [5.41, 5.74) is 4.38. The molecule has 0 bridgehead atoms. The quantitative estimate of drug-likeness (QED) is 0.293. The van der Waals surface area contributed by atoms with Crippen molar-refractivity contribution < 1.29 is 13.2 Å². The predicted molar refractivity (Wildman–Crippen MR) is 155 cm³/mol. The molecule has 11 heteroatoms. The van der Waals surface area contributed by atoms with E-state index in [1.54, 1.807) is 25.4 Å². The zero-order chi connectivity index (χ0) is 27.4. The van der Waals surface area contributed by atoms with Gasteiger partial charge >= 0.3 is 0 Å². The van der Waals surface area contributed by atoms with Crippen LogP contribution in [0.5, 0.6) is 5.75 Å². The molecule has 0 aliphatic carbocycles. The molecule has 0 saturated carbocycles. The third kappa shape index (κ3) is 5.90. The number of benzene rings is 2. The molecule has 38 heavy (non-hydrogen) atoms. The fraction of sp³-hybridized carbons (Fsp3) is 0.259. The number of anilines is 4. The lowest BCUT2D eigenvalue weighted by Gasteiger charge is -2.26. The Morgan fingerprint density at radius 2 is 1.87 bits per heavy atom. The number of methoxy groups -OCH3 is 1. The maximum atomic E-state index is 12.4. The van der Waals surface area contributed by atoms with E-state index in [1.165, 1.54) is 0 Å². The summed E-state index contributed by atoms with van der Waals surface area (Å²) in [6, 6.07) is 13.4. The second-order valence-corrected chi connectivity index (χ2v) is 10.8. The molecule has 2 aromatic carbocycles. The van der Waals surface area contributed by atoms with Crippen molar-refractivity contribution in [2.45, 2.75) is 0 Å². The number of nitrogens with zero attached hydrogens (tertiary/aromatic N) is 5. The summed E-state index contributed by atoms with van der Waals surface area (Å²) in [6.07, 6.45) is 3.72. The first-order valence-electron chi connectivity index (χ1n) is 12.0. The molecular formula is C27H33N7O3S. The van der Waals surface area contributed by atoms with Crippen molar-refractivity contribution in [1.82, 2.24) is 19.4 Å². The second-order valence-electron chi connectivity index (χ2n) is 9.17. The molecule has 0 aliphatic rings. The number of para-hydroxylation sites is 1. The van der Waals surface area contributed by atoms with Crippen LogP contribution in [0.25, 0.3) is 22.2 Å².